The normalized spacial score (nSPS) is 14.0. The molecule has 0 aliphatic carbocycles. The lowest BCUT2D eigenvalue weighted by atomic mass is 10.0. The number of esters is 2. The number of allylic oxidation sites excluding steroid dienone is 4. The van der Waals surface area contributed by atoms with Gasteiger partial charge in [0.2, 0.25) is 0 Å². The van der Waals surface area contributed by atoms with E-state index in [0.717, 1.165) is 44.9 Å². The van der Waals surface area contributed by atoms with Crippen LogP contribution in [0.5, 0.6) is 0 Å². The maximum absolute atomic E-state index is 12.6. The lowest BCUT2D eigenvalue weighted by molar-refractivity contribution is -0.161. The van der Waals surface area contributed by atoms with E-state index in [1.165, 1.54) is 109 Å². The number of phosphoric ester groups is 1. The van der Waals surface area contributed by atoms with Gasteiger partial charge in [0, 0.05) is 12.8 Å². The van der Waals surface area contributed by atoms with Crippen LogP contribution >= 0.6 is 7.82 Å². The number of carboxylic acids is 1. The quantitative estimate of drug-likeness (QED) is 0.0233. The van der Waals surface area contributed by atoms with Gasteiger partial charge in [-0.3, -0.25) is 23.4 Å². The van der Waals surface area contributed by atoms with Crippen LogP contribution in [0.15, 0.2) is 24.3 Å². The molecule has 3 atom stereocenters. The Hall–Kier alpha value is -2.04. The number of hydrogen-bond donors (Lipinski definition) is 3. The Morgan fingerprint density at radius 3 is 1.48 bits per heavy atom. The maximum Gasteiger partial charge on any atom is 0.472 e. The Labute approximate surface area is 328 Å². The molecular weight excluding hydrogens is 709 g/mol. The average Bonchev–Trinajstić information content (AvgIpc) is 3.14. The predicted molar refractivity (Wildman–Crippen MR) is 217 cm³/mol. The third-order valence-corrected chi connectivity index (χ3v) is 10.2. The highest BCUT2D eigenvalue weighted by Gasteiger charge is 2.28. The summed E-state index contributed by atoms with van der Waals surface area (Å²) in [7, 11) is -4.72. The molecule has 12 heteroatoms. The predicted octanol–water partition coefficient (Wildman–Crippen LogP) is 11.1. The van der Waals surface area contributed by atoms with Crippen LogP contribution in [0.25, 0.3) is 0 Å². The van der Waals surface area contributed by atoms with Crippen LogP contribution in [-0.4, -0.2) is 59.9 Å². The molecule has 0 aliphatic heterocycles. The Kier molecular flexibility index (Phi) is 36.4. The molecule has 0 aromatic carbocycles. The van der Waals surface area contributed by atoms with E-state index >= 15 is 0 Å². The summed E-state index contributed by atoms with van der Waals surface area (Å²) in [6.45, 7) is 2.77. The van der Waals surface area contributed by atoms with Gasteiger partial charge in [-0.1, -0.05) is 160 Å². The highest BCUT2D eigenvalue weighted by atomic mass is 31.2. The van der Waals surface area contributed by atoms with Crippen molar-refractivity contribution in [3.63, 3.8) is 0 Å². The van der Waals surface area contributed by atoms with Crippen molar-refractivity contribution < 1.29 is 47.5 Å². The Morgan fingerprint density at radius 1 is 0.574 bits per heavy atom. The van der Waals surface area contributed by atoms with Crippen molar-refractivity contribution in [2.24, 2.45) is 5.73 Å². The van der Waals surface area contributed by atoms with Crippen LogP contribution in [-0.2, 0) is 37.5 Å². The molecule has 0 rings (SSSR count). The molecular formula is C42H78NO10P. The van der Waals surface area contributed by atoms with Crippen LogP contribution in [0.4, 0.5) is 0 Å². The number of carbonyl (C=O) groups is 3. The van der Waals surface area contributed by atoms with Gasteiger partial charge in [0.05, 0.1) is 13.2 Å². The fraction of sp³-hybridized carbons (Fsp3) is 0.833. The van der Waals surface area contributed by atoms with Crippen LogP contribution in [0, 0.1) is 0 Å². The molecule has 0 heterocycles. The summed E-state index contributed by atoms with van der Waals surface area (Å²) in [6, 6.07) is -1.52. The SMILES string of the molecule is CCCCCCCC/C=C/C/C=C/CCCCC(=O)O[C@H](COC(=O)CCCCCCCCCCCCCCCCC)COP(=O)(O)OC[C@H](N)C(=O)O. The second-order valence-electron chi connectivity index (χ2n) is 14.5. The van der Waals surface area contributed by atoms with Gasteiger partial charge < -0.3 is 25.2 Å². The Morgan fingerprint density at radius 2 is 0.981 bits per heavy atom. The Bertz CT molecular complexity index is 1020. The third kappa shape index (κ3) is 36.9. The minimum absolute atomic E-state index is 0.121. The molecule has 316 valence electrons. The number of rotatable bonds is 40. The number of nitrogens with two attached hydrogens (primary N) is 1. The van der Waals surface area contributed by atoms with Crippen molar-refractivity contribution in [3.8, 4) is 0 Å². The summed E-state index contributed by atoms with van der Waals surface area (Å²) in [5.41, 5.74) is 5.33. The van der Waals surface area contributed by atoms with E-state index < -0.39 is 51.1 Å². The lowest BCUT2D eigenvalue weighted by Crippen LogP contribution is -2.34. The average molecular weight is 788 g/mol. The molecule has 4 N–H and O–H groups in total. The fourth-order valence-electron chi connectivity index (χ4n) is 5.80. The molecule has 0 spiro atoms. The van der Waals surface area contributed by atoms with Gasteiger partial charge in [-0.15, -0.1) is 0 Å². The summed E-state index contributed by atoms with van der Waals surface area (Å²) in [5.74, 6) is -2.41. The van der Waals surface area contributed by atoms with Gasteiger partial charge in [0.1, 0.15) is 12.6 Å². The first-order valence-electron chi connectivity index (χ1n) is 21.4. The van der Waals surface area contributed by atoms with Crippen LogP contribution in [0.3, 0.4) is 0 Å². The van der Waals surface area contributed by atoms with Crippen molar-refractivity contribution in [1.29, 1.82) is 0 Å². The first-order valence-corrected chi connectivity index (χ1v) is 22.9. The number of carboxylic acid groups (broad SMARTS) is 1. The van der Waals surface area contributed by atoms with Crippen molar-refractivity contribution in [1.82, 2.24) is 0 Å². The molecule has 0 saturated heterocycles. The topological polar surface area (TPSA) is 172 Å². The fourth-order valence-corrected chi connectivity index (χ4v) is 6.58. The van der Waals surface area contributed by atoms with Gasteiger partial charge >= 0.3 is 25.7 Å². The van der Waals surface area contributed by atoms with Crippen LogP contribution in [0.2, 0.25) is 0 Å². The zero-order valence-corrected chi connectivity index (χ0v) is 35.0. The molecule has 1 unspecified atom stereocenters. The van der Waals surface area contributed by atoms with Gasteiger partial charge in [-0.25, -0.2) is 4.57 Å². The zero-order valence-electron chi connectivity index (χ0n) is 34.1. The van der Waals surface area contributed by atoms with E-state index in [-0.39, 0.29) is 19.4 Å². The largest absolute Gasteiger partial charge is 0.480 e. The molecule has 0 aliphatic rings. The molecule has 0 fully saturated rings. The van der Waals surface area contributed by atoms with E-state index in [1.54, 1.807) is 0 Å². The zero-order chi connectivity index (χ0) is 40.0. The van der Waals surface area contributed by atoms with Crippen molar-refractivity contribution in [2.75, 3.05) is 19.8 Å². The highest BCUT2D eigenvalue weighted by molar-refractivity contribution is 7.47. The van der Waals surface area contributed by atoms with E-state index in [1.807, 2.05) is 0 Å². The number of aliphatic carboxylic acids is 1. The van der Waals surface area contributed by atoms with Gasteiger partial charge in [-0.05, 0) is 44.9 Å². The molecule has 54 heavy (non-hydrogen) atoms. The maximum atomic E-state index is 12.6. The summed E-state index contributed by atoms with van der Waals surface area (Å²) in [4.78, 5) is 45.9. The van der Waals surface area contributed by atoms with E-state index in [4.69, 9.17) is 24.8 Å². The number of ether oxygens (including phenoxy) is 2. The number of carbonyl (C=O) groups excluding carboxylic acids is 2. The van der Waals surface area contributed by atoms with Crippen molar-refractivity contribution >= 4 is 25.7 Å². The summed E-state index contributed by atoms with van der Waals surface area (Å²) >= 11 is 0. The molecule has 0 radical (unpaired) electrons. The molecule has 0 aromatic heterocycles. The minimum atomic E-state index is -4.72. The van der Waals surface area contributed by atoms with Gasteiger partial charge in [0.15, 0.2) is 6.10 Å². The van der Waals surface area contributed by atoms with Crippen molar-refractivity contribution in [2.45, 2.75) is 206 Å². The molecule has 0 amide bonds. The number of phosphoric acid groups is 1. The first-order chi connectivity index (χ1) is 26.1. The summed E-state index contributed by atoms with van der Waals surface area (Å²) in [5, 5.41) is 8.88. The van der Waals surface area contributed by atoms with Crippen LogP contribution < -0.4 is 5.73 Å². The lowest BCUT2D eigenvalue weighted by Gasteiger charge is -2.20. The third-order valence-electron chi connectivity index (χ3n) is 9.20. The second-order valence-corrected chi connectivity index (χ2v) is 15.9. The monoisotopic (exact) mass is 788 g/mol. The van der Waals surface area contributed by atoms with Gasteiger partial charge in [0.25, 0.3) is 0 Å². The smallest absolute Gasteiger partial charge is 0.472 e. The van der Waals surface area contributed by atoms with E-state index in [0.29, 0.717) is 12.8 Å². The minimum Gasteiger partial charge on any atom is -0.480 e. The highest BCUT2D eigenvalue weighted by Crippen LogP contribution is 2.43. The van der Waals surface area contributed by atoms with E-state index in [2.05, 4.69) is 42.7 Å². The molecule has 11 nitrogen and oxygen atoms in total. The summed E-state index contributed by atoms with van der Waals surface area (Å²) in [6.07, 6.45) is 38.2. The Balaban J connectivity index is 4.41. The summed E-state index contributed by atoms with van der Waals surface area (Å²) < 4.78 is 32.6. The second kappa shape index (κ2) is 37.9. The first kappa shape index (κ1) is 52.0. The number of hydrogen-bond acceptors (Lipinski definition) is 9. The standard InChI is InChI=1S/C42H78NO10P/c1-3-5-7-9-11-13-15-17-19-21-23-25-27-29-31-33-40(44)50-35-38(36-51-54(48,49)52-37-39(43)42(46)47)53-41(45)34-32-30-28-26-24-22-20-18-16-14-12-10-8-6-4-2/h18,20,24,26,38-39H,3-17,19,21-23,25,27-37,43H2,1-2H3,(H,46,47)(H,48,49)/b20-18+,26-24+/t38-,39+/m1/s1. The molecule has 0 saturated carbocycles. The molecule has 0 aromatic rings. The molecule has 0 bridgehead atoms. The van der Waals surface area contributed by atoms with E-state index in [9.17, 15) is 23.8 Å². The van der Waals surface area contributed by atoms with Crippen molar-refractivity contribution in [3.05, 3.63) is 24.3 Å². The van der Waals surface area contributed by atoms with Gasteiger partial charge in [-0.2, -0.15) is 0 Å². The van der Waals surface area contributed by atoms with Crippen LogP contribution in [0.1, 0.15) is 194 Å². The number of unbranched alkanes of at least 4 members (excludes halogenated alkanes) is 22.